The number of methoxy groups -OCH3 is 2. The fourth-order valence-electron chi connectivity index (χ4n) is 4.70. The van der Waals surface area contributed by atoms with Gasteiger partial charge in [-0.05, 0) is 84.6 Å². The molecule has 212 valence electrons. The third-order valence-electron chi connectivity index (χ3n) is 7.00. The molecular formula is C34H32N4O4. The minimum absolute atomic E-state index is 0.0936. The number of hydrogen-bond donors (Lipinski definition) is 0. The topological polar surface area (TPSA) is 88.2 Å². The number of fused-ring (bicyclic) bond motifs is 2. The first-order valence-corrected chi connectivity index (χ1v) is 13.5. The molecule has 6 rings (SSSR count). The highest BCUT2D eigenvalue weighted by molar-refractivity contribution is 5.76. The summed E-state index contributed by atoms with van der Waals surface area (Å²) in [6, 6.07) is 27.3. The zero-order valence-electron chi connectivity index (χ0n) is 24.1. The Morgan fingerprint density at radius 2 is 1.05 bits per heavy atom. The summed E-state index contributed by atoms with van der Waals surface area (Å²) in [6.07, 6.45) is 2.76. The molecule has 0 atom stereocenters. The summed E-state index contributed by atoms with van der Waals surface area (Å²) >= 11 is 0. The Kier molecular flexibility index (Phi) is 8.43. The van der Waals surface area contributed by atoms with Crippen LogP contribution in [0.25, 0.3) is 22.1 Å². The van der Waals surface area contributed by atoms with Gasteiger partial charge in [0.25, 0.3) is 11.1 Å². The third-order valence-corrected chi connectivity index (χ3v) is 7.00. The summed E-state index contributed by atoms with van der Waals surface area (Å²) in [5, 5.41) is 0. The maximum atomic E-state index is 12.1. The maximum Gasteiger partial charge on any atom is 0.269 e. The third kappa shape index (κ3) is 6.39. The Bertz CT molecular complexity index is 1960. The number of aromatic nitrogens is 4. The van der Waals surface area contributed by atoms with Crippen molar-refractivity contribution >= 4 is 22.1 Å². The van der Waals surface area contributed by atoms with Crippen LogP contribution in [0.15, 0.2) is 107 Å². The fraction of sp³-hybridized carbons (Fsp3) is 0.176. The van der Waals surface area contributed by atoms with E-state index in [2.05, 4.69) is 9.97 Å². The number of hydrogen-bond acceptors (Lipinski definition) is 6. The molecule has 4 aromatic carbocycles. The van der Waals surface area contributed by atoms with Crippen molar-refractivity contribution in [2.75, 3.05) is 14.2 Å². The SMILES string of the molecule is COc1ccc(Cn2c(=O)cnc3cc(C)ccc32)cc1.COc1ccc(Cn2c(=O)cnc3ccc(C)cc32)cc1. The second-order valence-corrected chi connectivity index (χ2v) is 10.0. The van der Waals surface area contributed by atoms with Gasteiger partial charge in [0.2, 0.25) is 0 Å². The van der Waals surface area contributed by atoms with Gasteiger partial charge in [-0.25, -0.2) is 9.97 Å². The highest BCUT2D eigenvalue weighted by Gasteiger charge is 2.07. The molecule has 0 amide bonds. The van der Waals surface area contributed by atoms with Gasteiger partial charge >= 0.3 is 0 Å². The van der Waals surface area contributed by atoms with Crippen molar-refractivity contribution in [2.45, 2.75) is 26.9 Å². The molecule has 0 spiro atoms. The van der Waals surface area contributed by atoms with Crippen LogP contribution < -0.4 is 20.6 Å². The molecule has 2 aromatic heterocycles. The van der Waals surface area contributed by atoms with Crippen molar-refractivity contribution < 1.29 is 9.47 Å². The van der Waals surface area contributed by atoms with Crippen LogP contribution in [0.4, 0.5) is 0 Å². The number of ether oxygens (including phenoxy) is 2. The number of nitrogens with zero attached hydrogens (tertiary/aromatic N) is 4. The van der Waals surface area contributed by atoms with Gasteiger partial charge in [0.15, 0.2) is 0 Å². The van der Waals surface area contributed by atoms with E-state index in [1.54, 1.807) is 23.4 Å². The Labute approximate surface area is 243 Å². The Balaban J connectivity index is 0.000000168. The van der Waals surface area contributed by atoms with E-state index in [9.17, 15) is 9.59 Å². The van der Waals surface area contributed by atoms with Gasteiger partial charge in [-0.3, -0.25) is 9.59 Å². The van der Waals surface area contributed by atoms with Crippen LogP contribution >= 0.6 is 0 Å². The van der Waals surface area contributed by atoms with Crippen molar-refractivity contribution in [1.29, 1.82) is 0 Å². The van der Waals surface area contributed by atoms with Gasteiger partial charge in [0.05, 0.1) is 61.8 Å². The largest absolute Gasteiger partial charge is 0.497 e. The van der Waals surface area contributed by atoms with Gasteiger partial charge < -0.3 is 18.6 Å². The lowest BCUT2D eigenvalue weighted by Crippen LogP contribution is -2.21. The second kappa shape index (κ2) is 12.5. The lowest BCUT2D eigenvalue weighted by molar-refractivity contribution is 0.414. The van der Waals surface area contributed by atoms with Gasteiger partial charge in [-0.2, -0.15) is 0 Å². The van der Waals surface area contributed by atoms with Gasteiger partial charge in [0.1, 0.15) is 11.5 Å². The van der Waals surface area contributed by atoms with Crippen molar-refractivity contribution in [2.24, 2.45) is 0 Å². The van der Waals surface area contributed by atoms with Crippen molar-refractivity contribution in [3.63, 3.8) is 0 Å². The lowest BCUT2D eigenvalue weighted by atomic mass is 10.2. The van der Waals surface area contributed by atoms with Crippen LogP contribution in [0, 0.1) is 13.8 Å². The standard InChI is InChI=1S/2C17H16N2O2/c1-12-3-8-16-15(9-12)18-10-17(20)19(16)11-13-4-6-14(21-2)7-5-13;1-12-3-8-15-16(9-12)19(17(20)10-18-15)11-13-4-6-14(21-2)7-5-13/h2*3-10H,11H2,1-2H3. The Morgan fingerprint density at radius 1 is 0.571 bits per heavy atom. The lowest BCUT2D eigenvalue weighted by Gasteiger charge is -2.10. The summed E-state index contributed by atoms with van der Waals surface area (Å²) in [5.41, 5.74) is 7.52. The first-order valence-electron chi connectivity index (χ1n) is 13.5. The Morgan fingerprint density at radius 3 is 1.60 bits per heavy atom. The minimum Gasteiger partial charge on any atom is -0.497 e. The summed E-state index contributed by atoms with van der Waals surface area (Å²) < 4.78 is 13.8. The molecule has 0 aliphatic rings. The average Bonchev–Trinajstić information content (AvgIpc) is 3.01. The quantitative estimate of drug-likeness (QED) is 0.266. The zero-order valence-corrected chi connectivity index (χ0v) is 24.1. The van der Waals surface area contributed by atoms with Crippen LogP contribution in [0.1, 0.15) is 22.3 Å². The highest BCUT2D eigenvalue weighted by Crippen LogP contribution is 2.17. The first kappa shape index (κ1) is 28.3. The van der Waals surface area contributed by atoms with Crippen LogP contribution in [-0.4, -0.2) is 33.3 Å². The summed E-state index contributed by atoms with van der Waals surface area (Å²) in [4.78, 5) is 32.7. The monoisotopic (exact) mass is 560 g/mol. The molecule has 0 radical (unpaired) electrons. The minimum atomic E-state index is -0.0952. The molecule has 0 aliphatic heterocycles. The molecule has 42 heavy (non-hydrogen) atoms. The molecular weight excluding hydrogens is 528 g/mol. The molecule has 0 saturated carbocycles. The summed E-state index contributed by atoms with van der Waals surface area (Å²) in [6.45, 7) is 5.06. The number of benzene rings is 4. The van der Waals surface area contributed by atoms with Crippen LogP contribution in [0.2, 0.25) is 0 Å². The number of aryl methyl sites for hydroxylation is 2. The van der Waals surface area contributed by atoms with E-state index in [0.29, 0.717) is 13.1 Å². The second-order valence-electron chi connectivity index (χ2n) is 10.0. The molecule has 0 N–H and O–H groups in total. The van der Waals surface area contributed by atoms with E-state index in [-0.39, 0.29) is 11.1 Å². The van der Waals surface area contributed by atoms with Crippen LogP contribution in [0.3, 0.4) is 0 Å². The molecule has 0 aliphatic carbocycles. The maximum absolute atomic E-state index is 12.1. The summed E-state index contributed by atoms with van der Waals surface area (Å²) in [7, 11) is 3.27. The molecule has 8 heteroatoms. The summed E-state index contributed by atoms with van der Waals surface area (Å²) in [5.74, 6) is 1.61. The van der Waals surface area contributed by atoms with Gasteiger partial charge in [-0.1, -0.05) is 36.4 Å². The zero-order chi connectivity index (χ0) is 29.6. The molecule has 0 unspecified atom stereocenters. The predicted octanol–water partition coefficient (Wildman–Crippen LogP) is 5.52. The fourth-order valence-corrected chi connectivity index (χ4v) is 4.70. The Hall–Kier alpha value is -5.24. The normalized spacial score (nSPS) is 10.8. The van der Waals surface area contributed by atoms with Crippen LogP contribution in [-0.2, 0) is 13.1 Å². The van der Waals surface area contributed by atoms with Crippen molar-refractivity contribution in [3.05, 3.63) is 140 Å². The van der Waals surface area contributed by atoms with E-state index >= 15 is 0 Å². The van der Waals surface area contributed by atoms with Crippen LogP contribution in [0.5, 0.6) is 11.5 Å². The predicted molar refractivity (Wildman–Crippen MR) is 166 cm³/mol. The molecule has 6 aromatic rings. The molecule has 2 heterocycles. The smallest absolute Gasteiger partial charge is 0.269 e. The van der Waals surface area contributed by atoms with E-state index < -0.39 is 0 Å². The molecule has 8 nitrogen and oxygen atoms in total. The van der Waals surface area contributed by atoms with Crippen molar-refractivity contribution in [1.82, 2.24) is 19.1 Å². The van der Waals surface area contributed by atoms with E-state index in [1.807, 2.05) is 98.8 Å². The van der Waals surface area contributed by atoms with E-state index in [4.69, 9.17) is 9.47 Å². The molecule has 0 bridgehead atoms. The van der Waals surface area contributed by atoms with Gasteiger partial charge in [-0.15, -0.1) is 0 Å². The van der Waals surface area contributed by atoms with Crippen molar-refractivity contribution in [3.8, 4) is 11.5 Å². The molecule has 0 fully saturated rings. The average molecular weight is 561 g/mol. The first-order chi connectivity index (χ1) is 20.3. The van der Waals surface area contributed by atoms with Gasteiger partial charge in [0, 0.05) is 0 Å². The van der Waals surface area contributed by atoms with E-state index in [1.165, 1.54) is 12.4 Å². The van der Waals surface area contributed by atoms with E-state index in [0.717, 1.165) is 55.8 Å². The highest BCUT2D eigenvalue weighted by atomic mass is 16.5. The number of rotatable bonds is 6. The molecule has 0 saturated heterocycles.